The third-order valence-electron chi connectivity index (χ3n) is 4.06. The number of guanidine groups is 1. The van der Waals surface area contributed by atoms with E-state index in [0.717, 1.165) is 35.1 Å². The van der Waals surface area contributed by atoms with Gasteiger partial charge in [0.2, 0.25) is 6.79 Å². The Bertz CT molecular complexity index is 758. The number of rotatable bonds is 6. The maximum Gasteiger partial charge on any atom is 0.231 e. The van der Waals surface area contributed by atoms with Crippen LogP contribution >= 0.6 is 24.0 Å². The molecule has 1 unspecified atom stereocenters. The molecule has 7 nitrogen and oxygen atoms in total. The fourth-order valence-electron chi connectivity index (χ4n) is 2.72. The Morgan fingerprint density at radius 3 is 2.74 bits per heavy atom. The molecule has 8 heteroatoms. The molecule has 27 heavy (non-hydrogen) atoms. The van der Waals surface area contributed by atoms with E-state index in [4.69, 9.17) is 9.47 Å². The number of pyridine rings is 1. The van der Waals surface area contributed by atoms with E-state index in [1.54, 1.807) is 24.5 Å². The summed E-state index contributed by atoms with van der Waals surface area (Å²) >= 11 is 0. The Morgan fingerprint density at radius 1 is 1.26 bits per heavy atom. The van der Waals surface area contributed by atoms with E-state index in [0.29, 0.717) is 6.54 Å². The maximum atomic E-state index is 10.3. The van der Waals surface area contributed by atoms with Crippen LogP contribution in [0.2, 0.25) is 0 Å². The van der Waals surface area contributed by atoms with Gasteiger partial charge in [-0.1, -0.05) is 6.07 Å². The third-order valence-corrected chi connectivity index (χ3v) is 4.06. The van der Waals surface area contributed by atoms with Crippen LogP contribution in [-0.2, 0) is 6.54 Å². The average molecular weight is 484 g/mol. The number of nitrogens with zero attached hydrogens (tertiary/aromatic N) is 3. The molecule has 0 bridgehead atoms. The first-order valence-corrected chi connectivity index (χ1v) is 8.63. The molecule has 0 saturated heterocycles. The number of halogens is 1. The molecule has 1 aliphatic rings. The second-order valence-corrected chi connectivity index (χ2v) is 6.03. The lowest BCUT2D eigenvalue weighted by Gasteiger charge is -2.23. The highest BCUT2D eigenvalue weighted by Gasteiger charge is 2.15. The predicted octanol–water partition coefficient (Wildman–Crippen LogP) is 2.56. The first kappa shape index (κ1) is 21.2. The monoisotopic (exact) mass is 484 g/mol. The molecule has 3 rings (SSSR count). The van der Waals surface area contributed by atoms with Gasteiger partial charge in [0.15, 0.2) is 17.5 Å². The first-order chi connectivity index (χ1) is 12.7. The number of nitrogens with one attached hydrogen (secondary N) is 1. The van der Waals surface area contributed by atoms with Crippen molar-refractivity contribution in [3.8, 4) is 11.5 Å². The molecule has 0 saturated carbocycles. The number of aromatic nitrogens is 1. The van der Waals surface area contributed by atoms with Gasteiger partial charge in [-0.15, -0.1) is 24.0 Å². The highest BCUT2D eigenvalue weighted by molar-refractivity contribution is 14.0. The fraction of sp³-hybridized carbons (Fsp3) is 0.368. The normalized spacial score (nSPS) is 13.7. The summed E-state index contributed by atoms with van der Waals surface area (Å²) in [5.74, 6) is 2.28. The van der Waals surface area contributed by atoms with Gasteiger partial charge in [-0.05, 0) is 42.3 Å². The van der Waals surface area contributed by atoms with E-state index in [-0.39, 0.29) is 37.3 Å². The Balaban J connectivity index is 0.00000261. The lowest BCUT2D eigenvalue weighted by atomic mass is 10.1. The van der Waals surface area contributed by atoms with Crippen molar-refractivity contribution in [2.24, 2.45) is 4.99 Å². The van der Waals surface area contributed by atoms with Crippen molar-refractivity contribution >= 4 is 29.9 Å². The van der Waals surface area contributed by atoms with Crippen LogP contribution in [0.15, 0.2) is 47.7 Å². The lowest BCUT2D eigenvalue weighted by molar-refractivity contribution is 0.174. The number of hydrogen-bond donors (Lipinski definition) is 2. The summed E-state index contributed by atoms with van der Waals surface area (Å²) in [6, 6.07) is 9.50. The topological polar surface area (TPSA) is 79.2 Å². The Hall–Kier alpha value is -2.07. The molecule has 2 heterocycles. The van der Waals surface area contributed by atoms with Crippen molar-refractivity contribution in [3.63, 3.8) is 0 Å². The molecule has 146 valence electrons. The minimum Gasteiger partial charge on any atom is -0.454 e. The van der Waals surface area contributed by atoms with Crippen LogP contribution in [0.1, 0.15) is 24.2 Å². The zero-order valence-corrected chi connectivity index (χ0v) is 17.8. The second kappa shape index (κ2) is 10.3. The fourth-order valence-corrected chi connectivity index (χ4v) is 2.72. The predicted molar refractivity (Wildman–Crippen MR) is 115 cm³/mol. The van der Waals surface area contributed by atoms with Crippen LogP contribution in [0.25, 0.3) is 0 Å². The van der Waals surface area contributed by atoms with Gasteiger partial charge in [0, 0.05) is 32.5 Å². The van der Waals surface area contributed by atoms with E-state index in [1.807, 2.05) is 37.1 Å². The van der Waals surface area contributed by atoms with Crippen molar-refractivity contribution < 1.29 is 14.6 Å². The number of aliphatic hydroxyl groups excluding tert-OH is 1. The summed E-state index contributed by atoms with van der Waals surface area (Å²) in [5, 5.41) is 13.6. The molecule has 2 N–H and O–H groups in total. The van der Waals surface area contributed by atoms with Crippen molar-refractivity contribution in [1.82, 2.24) is 15.2 Å². The van der Waals surface area contributed by atoms with Gasteiger partial charge < -0.3 is 24.8 Å². The van der Waals surface area contributed by atoms with Crippen LogP contribution in [0, 0.1) is 0 Å². The van der Waals surface area contributed by atoms with Gasteiger partial charge in [-0.2, -0.15) is 0 Å². The van der Waals surface area contributed by atoms with Gasteiger partial charge >= 0.3 is 0 Å². The molecule has 0 fully saturated rings. The highest BCUT2D eigenvalue weighted by atomic mass is 127. The Morgan fingerprint density at radius 2 is 2.00 bits per heavy atom. The SMILES string of the molecule is CCNC(=NCC(O)c1ccncc1)N(C)Cc1ccc2c(c1)OCO2.I. The summed E-state index contributed by atoms with van der Waals surface area (Å²) in [7, 11) is 1.96. The molecule has 0 radical (unpaired) electrons. The van der Waals surface area contributed by atoms with E-state index in [2.05, 4.69) is 15.3 Å². The molecule has 1 atom stereocenters. The van der Waals surface area contributed by atoms with Crippen molar-refractivity contribution in [2.45, 2.75) is 19.6 Å². The summed E-state index contributed by atoms with van der Waals surface area (Å²) in [6.45, 7) is 3.97. The molecule has 0 aliphatic carbocycles. The molecule has 1 aliphatic heterocycles. The van der Waals surface area contributed by atoms with Gasteiger partial charge in [0.05, 0.1) is 12.6 Å². The Kier molecular flexibility index (Phi) is 8.11. The van der Waals surface area contributed by atoms with Gasteiger partial charge in [-0.25, -0.2) is 0 Å². The van der Waals surface area contributed by atoms with Crippen LogP contribution in [-0.4, -0.2) is 47.9 Å². The maximum absolute atomic E-state index is 10.3. The number of ether oxygens (including phenoxy) is 2. The zero-order valence-electron chi connectivity index (χ0n) is 15.5. The van der Waals surface area contributed by atoms with Gasteiger partial charge in [-0.3, -0.25) is 9.98 Å². The molecular weight excluding hydrogens is 459 g/mol. The lowest BCUT2D eigenvalue weighted by Crippen LogP contribution is -2.38. The van der Waals surface area contributed by atoms with E-state index in [1.165, 1.54) is 0 Å². The highest BCUT2D eigenvalue weighted by Crippen LogP contribution is 2.32. The molecule has 1 aromatic heterocycles. The zero-order chi connectivity index (χ0) is 18.4. The molecule has 1 aromatic carbocycles. The molecular formula is C19H25IN4O3. The summed E-state index contributed by atoms with van der Waals surface area (Å²) in [6.07, 6.45) is 2.67. The van der Waals surface area contributed by atoms with E-state index in [9.17, 15) is 5.11 Å². The van der Waals surface area contributed by atoms with Crippen molar-refractivity contribution in [1.29, 1.82) is 0 Å². The minimum absolute atomic E-state index is 0. The summed E-state index contributed by atoms with van der Waals surface area (Å²) < 4.78 is 10.8. The van der Waals surface area contributed by atoms with Crippen LogP contribution in [0.4, 0.5) is 0 Å². The second-order valence-electron chi connectivity index (χ2n) is 6.03. The number of fused-ring (bicyclic) bond motifs is 1. The van der Waals surface area contributed by atoms with Gasteiger partial charge in [0.25, 0.3) is 0 Å². The molecule has 0 spiro atoms. The standard InChI is InChI=1S/C19H24N4O3.HI/c1-3-21-19(22-11-16(24)15-6-8-20-9-7-15)23(2)12-14-4-5-17-18(10-14)26-13-25-17;/h4-10,16,24H,3,11-13H2,1-2H3,(H,21,22);1H. The smallest absolute Gasteiger partial charge is 0.231 e. The quantitative estimate of drug-likeness (QED) is 0.373. The Labute approximate surface area is 176 Å². The molecule has 2 aromatic rings. The summed E-state index contributed by atoms with van der Waals surface area (Å²) in [4.78, 5) is 10.5. The van der Waals surface area contributed by atoms with Crippen LogP contribution in [0.5, 0.6) is 11.5 Å². The number of aliphatic hydroxyl groups is 1. The van der Waals surface area contributed by atoms with E-state index >= 15 is 0 Å². The third kappa shape index (κ3) is 5.70. The number of benzene rings is 1. The van der Waals surface area contributed by atoms with Gasteiger partial charge in [0.1, 0.15) is 0 Å². The van der Waals surface area contributed by atoms with Crippen LogP contribution < -0.4 is 14.8 Å². The van der Waals surface area contributed by atoms with Crippen molar-refractivity contribution in [2.75, 3.05) is 26.9 Å². The van der Waals surface area contributed by atoms with Crippen LogP contribution in [0.3, 0.4) is 0 Å². The number of aliphatic imine (C=N–C) groups is 1. The first-order valence-electron chi connectivity index (χ1n) is 8.63. The number of hydrogen-bond acceptors (Lipinski definition) is 5. The minimum atomic E-state index is -0.661. The van der Waals surface area contributed by atoms with Crippen molar-refractivity contribution in [3.05, 3.63) is 53.9 Å². The average Bonchev–Trinajstić information content (AvgIpc) is 3.13. The van der Waals surface area contributed by atoms with E-state index < -0.39 is 6.10 Å². The summed E-state index contributed by atoms with van der Waals surface area (Å²) in [5.41, 5.74) is 1.90. The molecule has 0 amide bonds. The largest absolute Gasteiger partial charge is 0.454 e.